The number of pyridine rings is 1. The minimum absolute atomic E-state index is 0.0963. The molecule has 7 nitrogen and oxygen atoms in total. The van der Waals surface area contributed by atoms with E-state index in [1.807, 2.05) is 36.4 Å². The maximum atomic E-state index is 12.8. The lowest BCUT2D eigenvalue weighted by Crippen LogP contribution is -1.98. The second kappa shape index (κ2) is 9.10. The summed E-state index contributed by atoms with van der Waals surface area (Å²) in [6.45, 7) is 0. The smallest absolute Gasteiger partial charge is 0.215 e. The summed E-state index contributed by atoms with van der Waals surface area (Å²) in [6.07, 6.45) is 1.41. The Morgan fingerprint density at radius 3 is 2.28 bits per heavy atom. The van der Waals surface area contributed by atoms with Crippen molar-refractivity contribution in [1.29, 1.82) is 5.26 Å². The zero-order valence-corrected chi connectivity index (χ0v) is 17.3. The molecule has 1 heterocycles. The van der Waals surface area contributed by atoms with E-state index < -0.39 is 0 Å². The highest BCUT2D eigenvalue weighted by Gasteiger charge is 2.15. The summed E-state index contributed by atoms with van der Waals surface area (Å²) in [6, 6.07) is 19.7. The Labute approximate surface area is 183 Å². The van der Waals surface area contributed by atoms with Crippen LogP contribution in [-0.4, -0.2) is 19.2 Å². The number of methoxy groups -OCH3 is 2. The number of ether oxygens (including phenoxy) is 3. The quantitative estimate of drug-likeness (QED) is 0.388. The monoisotopic (exact) mass is 431 g/mol. The normalized spacial score (nSPS) is 10.3. The molecule has 4 rings (SSSR count). The Bertz CT molecular complexity index is 1300. The SMILES string of the molecule is COc1cc2c(Nc3ccc(Oc4ccccc4OC)cc3)c(C#N)cnc2cc1OF. The van der Waals surface area contributed by atoms with E-state index in [4.69, 9.17) is 14.2 Å². The minimum Gasteiger partial charge on any atom is -0.493 e. The van der Waals surface area contributed by atoms with Crippen LogP contribution >= 0.6 is 0 Å². The van der Waals surface area contributed by atoms with Crippen LogP contribution < -0.4 is 24.5 Å². The molecule has 0 unspecified atom stereocenters. The summed E-state index contributed by atoms with van der Waals surface area (Å²) in [5.74, 6) is 1.93. The zero-order chi connectivity index (χ0) is 22.5. The molecule has 0 bridgehead atoms. The standard InChI is InChI=1S/C24H18FN3O4/c1-29-20-5-3-4-6-21(20)31-17-9-7-16(8-10-17)28-24-15(13-26)14-27-19-12-23(32-25)22(30-2)11-18(19)24/h3-12,14H,1-2H3,(H,27,28). The van der Waals surface area contributed by atoms with Gasteiger partial charge in [-0.15, -0.1) is 0 Å². The molecule has 8 heteroatoms. The van der Waals surface area contributed by atoms with Gasteiger partial charge in [-0.1, -0.05) is 12.1 Å². The summed E-state index contributed by atoms with van der Waals surface area (Å²) in [7, 11) is 2.98. The maximum absolute atomic E-state index is 12.8. The molecule has 0 aliphatic carbocycles. The zero-order valence-electron chi connectivity index (χ0n) is 17.3. The summed E-state index contributed by atoms with van der Waals surface area (Å²) in [4.78, 5) is 8.08. The molecule has 0 saturated carbocycles. The first-order valence-corrected chi connectivity index (χ1v) is 9.54. The number of halogens is 1. The predicted molar refractivity (Wildman–Crippen MR) is 118 cm³/mol. The predicted octanol–water partition coefficient (Wildman–Crippen LogP) is 5.92. The van der Waals surface area contributed by atoms with Crippen molar-refractivity contribution in [3.8, 4) is 34.8 Å². The molecule has 1 N–H and O–H groups in total. The number of benzene rings is 3. The summed E-state index contributed by atoms with van der Waals surface area (Å²) < 4.78 is 29.2. The molecule has 32 heavy (non-hydrogen) atoms. The number of aromatic nitrogens is 1. The van der Waals surface area contributed by atoms with Crippen LogP contribution in [0.5, 0.6) is 28.7 Å². The number of fused-ring (bicyclic) bond motifs is 1. The first-order valence-electron chi connectivity index (χ1n) is 9.54. The lowest BCUT2D eigenvalue weighted by molar-refractivity contribution is -0.00879. The van der Waals surface area contributed by atoms with Gasteiger partial charge in [-0.3, -0.25) is 9.93 Å². The number of anilines is 2. The van der Waals surface area contributed by atoms with Gasteiger partial charge in [-0.25, -0.2) is 0 Å². The Balaban J connectivity index is 1.66. The van der Waals surface area contributed by atoms with Gasteiger partial charge in [-0.05, 0) is 42.5 Å². The Morgan fingerprint density at radius 1 is 0.906 bits per heavy atom. The van der Waals surface area contributed by atoms with Crippen molar-refractivity contribution in [2.45, 2.75) is 0 Å². The molecule has 4 aromatic rings. The maximum Gasteiger partial charge on any atom is 0.215 e. The van der Waals surface area contributed by atoms with Gasteiger partial charge in [-0.2, -0.15) is 5.26 Å². The molecular weight excluding hydrogens is 413 g/mol. The van der Waals surface area contributed by atoms with Gasteiger partial charge in [0.2, 0.25) is 5.75 Å². The van der Waals surface area contributed by atoms with E-state index in [1.165, 1.54) is 19.4 Å². The number of para-hydroxylation sites is 2. The highest BCUT2D eigenvalue weighted by atomic mass is 19.3. The number of nitrogens with zero attached hydrogens (tertiary/aromatic N) is 2. The summed E-state index contributed by atoms with van der Waals surface area (Å²) in [5, 5.41) is 13.4. The molecule has 0 radical (unpaired) electrons. The van der Waals surface area contributed by atoms with Crippen molar-refractivity contribution in [2.24, 2.45) is 0 Å². The Morgan fingerprint density at radius 2 is 1.62 bits per heavy atom. The van der Waals surface area contributed by atoms with Crippen molar-refractivity contribution in [2.75, 3.05) is 19.5 Å². The van der Waals surface area contributed by atoms with Gasteiger partial charge >= 0.3 is 0 Å². The number of hydrogen-bond acceptors (Lipinski definition) is 7. The van der Waals surface area contributed by atoms with Gasteiger partial charge in [0.25, 0.3) is 0 Å². The molecule has 0 saturated heterocycles. The topological polar surface area (TPSA) is 85.6 Å². The number of hydrogen-bond donors (Lipinski definition) is 1. The van der Waals surface area contributed by atoms with Crippen LogP contribution in [0.1, 0.15) is 5.56 Å². The molecule has 0 aliphatic rings. The van der Waals surface area contributed by atoms with Gasteiger partial charge in [0.1, 0.15) is 11.8 Å². The molecule has 3 aromatic carbocycles. The molecule has 0 atom stereocenters. The molecule has 0 fully saturated rings. The minimum atomic E-state index is -0.0963. The Hall–Kier alpha value is -4.51. The van der Waals surface area contributed by atoms with Crippen LogP contribution in [0.3, 0.4) is 0 Å². The van der Waals surface area contributed by atoms with Crippen LogP contribution in [-0.2, 0) is 0 Å². The first kappa shape index (κ1) is 20.8. The van der Waals surface area contributed by atoms with E-state index in [2.05, 4.69) is 21.3 Å². The van der Waals surface area contributed by atoms with Gasteiger partial charge < -0.3 is 19.5 Å². The van der Waals surface area contributed by atoms with E-state index in [0.717, 1.165) is 0 Å². The van der Waals surface area contributed by atoms with E-state index in [1.54, 1.807) is 25.3 Å². The van der Waals surface area contributed by atoms with Gasteiger partial charge in [0, 0.05) is 27.9 Å². The van der Waals surface area contributed by atoms with Crippen molar-refractivity contribution in [3.63, 3.8) is 0 Å². The molecular formula is C24H18FN3O4. The first-order chi connectivity index (χ1) is 15.7. The fourth-order valence-electron chi connectivity index (χ4n) is 3.22. The summed E-state index contributed by atoms with van der Waals surface area (Å²) >= 11 is 0. The fraction of sp³-hybridized carbons (Fsp3) is 0.0833. The summed E-state index contributed by atoms with van der Waals surface area (Å²) in [5.41, 5.74) is 1.99. The molecule has 0 amide bonds. The molecule has 0 aliphatic heterocycles. The van der Waals surface area contributed by atoms with Crippen molar-refractivity contribution >= 4 is 22.3 Å². The van der Waals surface area contributed by atoms with E-state index in [0.29, 0.717) is 45.1 Å². The molecule has 160 valence electrons. The number of rotatable bonds is 7. The average molecular weight is 431 g/mol. The third-order valence-corrected chi connectivity index (χ3v) is 4.78. The third kappa shape index (κ3) is 4.04. The number of nitriles is 1. The Kier molecular flexibility index (Phi) is 5.90. The van der Waals surface area contributed by atoms with E-state index in [-0.39, 0.29) is 11.5 Å². The number of nitrogens with one attached hydrogen (secondary N) is 1. The van der Waals surface area contributed by atoms with Crippen LogP contribution in [0.2, 0.25) is 0 Å². The van der Waals surface area contributed by atoms with E-state index >= 15 is 0 Å². The largest absolute Gasteiger partial charge is 0.493 e. The second-order valence-electron chi connectivity index (χ2n) is 6.66. The van der Waals surface area contributed by atoms with Crippen molar-refractivity contribution < 1.29 is 23.7 Å². The van der Waals surface area contributed by atoms with Crippen LogP contribution in [0.4, 0.5) is 15.9 Å². The van der Waals surface area contributed by atoms with Crippen molar-refractivity contribution in [1.82, 2.24) is 4.98 Å². The second-order valence-corrected chi connectivity index (χ2v) is 6.66. The van der Waals surface area contributed by atoms with E-state index in [9.17, 15) is 9.79 Å². The average Bonchev–Trinajstić information content (AvgIpc) is 2.84. The molecule has 0 spiro atoms. The van der Waals surface area contributed by atoms with Crippen LogP contribution in [0, 0.1) is 11.3 Å². The fourth-order valence-corrected chi connectivity index (χ4v) is 3.22. The lowest BCUT2D eigenvalue weighted by Gasteiger charge is -2.14. The third-order valence-electron chi connectivity index (χ3n) is 4.78. The van der Waals surface area contributed by atoms with Gasteiger partial charge in [0.15, 0.2) is 17.2 Å². The highest BCUT2D eigenvalue weighted by molar-refractivity contribution is 5.97. The van der Waals surface area contributed by atoms with Crippen LogP contribution in [0.15, 0.2) is 66.9 Å². The van der Waals surface area contributed by atoms with Crippen molar-refractivity contribution in [3.05, 3.63) is 72.4 Å². The molecule has 1 aromatic heterocycles. The van der Waals surface area contributed by atoms with Gasteiger partial charge in [0.05, 0.1) is 31.0 Å². The lowest BCUT2D eigenvalue weighted by atomic mass is 10.1. The van der Waals surface area contributed by atoms with Crippen LogP contribution in [0.25, 0.3) is 10.9 Å². The highest BCUT2D eigenvalue weighted by Crippen LogP contribution is 2.38.